The summed E-state index contributed by atoms with van der Waals surface area (Å²) < 4.78 is 0. The zero-order valence-corrected chi connectivity index (χ0v) is 9.84. The third-order valence-corrected chi connectivity index (χ3v) is 3.23. The Labute approximate surface area is 88.8 Å². The van der Waals surface area contributed by atoms with Crippen molar-refractivity contribution in [2.75, 3.05) is 19.6 Å². The summed E-state index contributed by atoms with van der Waals surface area (Å²) in [6.45, 7) is 8.23. The average molecular weight is 198 g/mol. The minimum atomic E-state index is 0.426. The molecule has 0 amide bonds. The summed E-state index contributed by atoms with van der Waals surface area (Å²) in [5.41, 5.74) is 5.90. The molecule has 0 bridgehead atoms. The lowest BCUT2D eigenvalue weighted by Crippen LogP contribution is -2.28. The maximum Gasteiger partial charge on any atom is 0.00366 e. The average Bonchev–Trinajstić information content (AvgIpc) is 2.99. The lowest BCUT2D eigenvalue weighted by Gasteiger charge is -2.20. The van der Waals surface area contributed by atoms with Gasteiger partial charge in [-0.1, -0.05) is 13.8 Å². The predicted octanol–water partition coefficient (Wildman–Crippen LogP) is 2.24. The molecule has 1 unspecified atom stereocenters. The summed E-state index contributed by atoms with van der Waals surface area (Å²) in [5.74, 6) is 1.02. The van der Waals surface area contributed by atoms with Crippen LogP contribution < -0.4 is 5.73 Å². The first-order valence-electron chi connectivity index (χ1n) is 6.24. The van der Waals surface area contributed by atoms with E-state index in [2.05, 4.69) is 18.7 Å². The Morgan fingerprint density at radius 1 is 1.36 bits per heavy atom. The molecule has 1 fully saturated rings. The largest absolute Gasteiger partial charge is 0.328 e. The van der Waals surface area contributed by atoms with Gasteiger partial charge in [0.05, 0.1) is 0 Å². The van der Waals surface area contributed by atoms with Gasteiger partial charge >= 0.3 is 0 Å². The smallest absolute Gasteiger partial charge is 0.00366 e. The maximum absolute atomic E-state index is 5.90. The molecule has 1 aliphatic carbocycles. The van der Waals surface area contributed by atoms with Crippen molar-refractivity contribution < 1.29 is 0 Å². The maximum atomic E-state index is 5.90. The molecule has 0 radical (unpaired) electrons. The first-order valence-corrected chi connectivity index (χ1v) is 6.24. The zero-order valence-electron chi connectivity index (χ0n) is 9.84. The van der Waals surface area contributed by atoms with Crippen molar-refractivity contribution in [3.63, 3.8) is 0 Å². The Bertz CT molecular complexity index is 143. The number of nitrogens with two attached hydrogens (primary N) is 1. The molecular formula is C12H26N2. The molecule has 0 aromatic rings. The van der Waals surface area contributed by atoms with Crippen molar-refractivity contribution in [3.8, 4) is 0 Å². The highest BCUT2D eigenvalue weighted by atomic mass is 15.1. The van der Waals surface area contributed by atoms with Crippen molar-refractivity contribution in [3.05, 3.63) is 0 Å². The fourth-order valence-electron chi connectivity index (χ4n) is 1.83. The highest BCUT2D eigenvalue weighted by Crippen LogP contribution is 2.29. The molecule has 84 valence electrons. The van der Waals surface area contributed by atoms with E-state index in [0.717, 1.165) is 12.3 Å². The Hall–Kier alpha value is -0.0800. The zero-order chi connectivity index (χ0) is 10.4. The second-order valence-corrected chi connectivity index (χ2v) is 4.65. The second kappa shape index (κ2) is 6.41. The minimum Gasteiger partial charge on any atom is -0.328 e. The molecule has 1 aliphatic rings. The Morgan fingerprint density at radius 3 is 2.57 bits per heavy atom. The molecule has 0 aromatic heterocycles. The summed E-state index contributed by atoms with van der Waals surface area (Å²) in [7, 11) is 0. The number of nitrogens with zero attached hydrogens (tertiary/aromatic N) is 1. The molecule has 1 saturated carbocycles. The van der Waals surface area contributed by atoms with Gasteiger partial charge in [-0.3, -0.25) is 0 Å². The van der Waals surface area contributed by atoms with Gasteiger partial charge in [0.2, 0.25) is 0 Å². The molecule has 0 aromatic carbocycles. The fraction of sp³-hybridized carbons (Fsp3) is 1.00. The normalized spacial score (nSPS) is 18.9. The summed E-state index contributed by atoms with van der Waals surface area (Å²) in [5, 5.41) is 0. The van der Waals surface area contributed by atoms with Gasteiger partial charge in [-0.2, -0.15) is 0 Å². The van der Waals surface area contributed by atoms with E-state index in [0.29, 0.717) is 6.04 Å². The fourth-order valence-corrected chi connectivity index (χ4v) is 1.83. The van der Waals surface area contributed by atoms with Crippen LogP contribution in [-0.4, -0.2) is 30.6 Å². The first-order chi connectivity index (χ1) is 6.76. The van der Waals surface area contributed by atoms with Crippen molar-refractivity contribution >= 4 is 0 Å². The molecule has 0 spiro atoms. The van der Waals surface area contributed by atoms with Crippen molar-refractivity contribution in [2.45, 2.75) is 52.0 Å². The van der Waals surface area contributed by atoms with Crippen LogP contribution in [0.5, 0.6) is 0 Å². The van der Waals surface area contributed by atoms with Gasteiger partial charge in [-0.25, -0.2) is 0 Å². The summed E-state index contributed by atoms with van der Waals surface area (Å²) >= 11 is 0. The van der Waals surface area contributed by atoms with Crippen LogP contribution in [-0.2, 0) is 0 Å². The van der Waals surface area contributed by atoms with Gasteiger partial charge in [-0.15, -0.1) is 0 Å². The summed E-state index contributed by atoms with van der Waals surface area (Å²) in [6.07, 6.45) is 6.51. The summed E-state index contributed by atoms with van der Waals surface area (Å²) in [4.78, 5) is 2.58. The molecule has 1 rings (SSSR count). The van der Waals surface area contributed by atoms with Crippen LogP contribution in [0.1, 0.15) is 46.0 Å². The molecule has 1 atom stereocenters. The third kappa shape index (κ3) is 4.97. The van der Waals surface area contributed by atoms with Gasteiger partial charge in [0.1, 0.15) is 0 Å². The van der Waals surface area contributed by atoms with Crippen molar-refractivity contribution in [1.82, 2.24) is 4.90 Å². The number of hydrogen-bond donors (Lipinski definition) is 1. The van der Waals surface area contributed by atoms with E-state index in [9.17, 15) is 0 Å². The molecule has 14 heavy (non-hydrogen) atoms. The number of hydrogen-bond acceptors (Lipinski definition) is 2. The van der Waals surface area contributed by atoms with Crippen LogP contribution in [0.2, 0.25) is 0 Å². The molecule has 0 saturated heterocycles. The predicted molar refractivity (Wildman–Crippen MR) is 62.3 cm³/mol. The molecule has 0 heterocycles. The van der Waals surface area contributed by atoms with Crippen LogP contribution in [0.15, 0.2) is 0 Å². The molecule has 0 aliphatic heterocycles. The Kier molecular flexibility index (Phi) is 5.49. The van der Waals surface area contributed by atoms with Crippen LogP contribution in [0.4, 0.5) is 0 Å². The van der Waals surface area contributed by atoms with E-state index < -0.39 is 0 Å². The van der Waals surface area contributed by atoms with Gasteiger partial charge in [-0.05, 0) is 51.1 Å². The standard InChI is InChI=1S/C12H26N2/c1-3-12(13)6-5-9-14(4-2)10-11-7-8-11/h11-12H,3-10,13H2,1-2H3. The first kappa shape index (κ1) is 12.0. The van der Waals surface area contributed by atoms with E-state index in [1.807, 2.05) is 0 Å². The quantitative estimate of drug-likeness (QED) is 0.648. The lowest BCUT2D eigenvalue weighted by atomic mass is 10.1. The van der Waals surface area contributed by atoms with Gasteiger partial charge in [0, 0.05) is 12.6 Å². The Morgan fingerprint density at radius 2 is 2.07 bits per heavy atom. The Balaban J connectivity index is 2.01. The second-order valence-electron chi connectivity index (χ2n) is 4.65. The monoisotopic (exact) mass is 198 g/mol. The highest BCUT2D eigenvalue weighted by Gasteiger charge is 2.23. The molecule has 2 nitrogen and oxygen atoms in total. The van der Waals surface area contributed by atoms with E-state index >= 15 is 0 Å². The third-order valence-electron chi connectivity index (χ3n) is 3.23. The topological polar surface area (TPSA) is 29.3 Å². The van der Waals surface area contributed by atoms with E-state index in [1.165, 1.54) is 45.3 Å². The van der Waals surface area contributed by atoms with Gasteiger partial charge < -0.3 is 10.6 Å². The van der Waals surface area contributed by atoms with Gasteiger partial charge in [0.25, 0.3) is 0 Å². The summed E-state index contributed by atoms with van der Waals surface area (Å²) in [6, 6.07) is 0.426. The molecular weight excluding hydrogens is 172 g/mol. The van der Waals surface area contributed by atoms with Crippen LogP contribution in [0.3, 0.4) is 0 Å². The lowest BCUT2D eigenvalue weighted by molar-refractivity contribution is 0.267. The van der Waals surface area contributed by atoms with Crippen LogP contribution in [0.25, 0.3) is 0 Å². The number of rotatable bonds is 8. The molecule has 2 heteroatoms. The van der Waals surface area contributed by atoms with Gasteiger partial charge in [0.15, 0.2) is 0 Å². The highest BCUT2D eigenvalue weighted by molar-refractivity contribution is 4.77. The van der Waals surface area contributed by atoms with Crippen molar-refractivity contribution in [1.29, 1.82) is 0 Å². The van der Waals surface area contributed by atoms with E-state index in [-0.39, 0.29) is 0 Å². The van der Waals surface area contributed by atoms with E-state index in [1.54, 1.807) is 0 Å². The van der Waals surface area contributed by atoms with Crippen molar-refractivity contribution in [2.24, 2.45) is 11.7 Å². The van der Waals surface area contributed by atoms with Crippen LogP contribution >= 0.6 is 0 Å². The van der Waals surface area contributed by atoms with Crippen LogP contribution in [0, 0.1) is 5.92 Å². The van der Waals surface area contributed by atoms with E-state index in [4.69, 9.17) is 5.73 Å². The SMILES string of the molecule is CCC(N)CCCN(CC)CC1CC1. The molecule has 2 N–H and O–H groups in total. The minimum absolute atomic E-state index is 0.426.